The van der Waals surface area contributed by atoms with Crippen molar-refractivity contribution in [2.75, 3.05) is 18.6 Å². The van der Waals surface area contributed by atoms with Gasteiger partial charge in [-0.3, -0.25) is 25.0 Å². The number of nitrogens with zero attached hydrogens (tertiary/aromatic N) is 2. The van der Waals surface area contributed by atoms with Crippen molar-refractivity contribution in [2.45, 2.75) is 13.3 Å². The van der Waals surface area contributed by atoms with E-state index in [0.717, 1.165) is 11.3 Å². The van der Waals surface area contributed by atoms with E-state index >= 15 is 0 Å². The predicted molar refractivity (Wildman–Crippen MR) is 111 cm³/mol. The van der Waals surface area contributed by atoms with Crippen LogP contribution in [0.15, 0.2) is 48.0 Å². The van der Waals surface area contributed by atoms with Gasteiger partial charge in [-0.15, -0.1) is 0 Å². The average molecular weight is 425 g/mol. The average Bonchev–Trinajstić information content (AvgIpc) is 2.75. The molecule has 0 bridgehead atoms. The first-order valence-corrected chi connectivity index (χ1v) is 9.32. The molecule has 1 N–H and O–H groups in total. The second kappa shape index (κ2) is 9.08. The summed E-state index contributed by atoms with van der Waals surface area (Å²) in [7, 11) is 1.42. The summed E-state index contributed by atoms with van der Waals surface area (Å²) in [4.78, 5) is 48.9. The molecule has 2 aromatic carbocycles. The Balaban J connectivity index is 1.98. The quantitative estimate of drug-likeness (QED) is 0.312. The second-order valence-electron chi connectivity index (χ2n) is 6.49. The first kappa shape index (κ1) is 21.5. The molecular weight excluding hydrogens is 406 g/mol. The van der Waals surface area contributed by atoms with Gasteiger partial charge in [0.25, 0.3) is 17.5 Å². The number of rotatable bonds is 7. The molecule has 3 rings (SSSR count). The maximum Gasteiger partial charge on any atom is 0.335 e. The molecule has 160 valence electrons. The number of non-ortho nitro benzene ring substituents is 1. The first-order valence-electron chi connectivity index (χ1n) is 9.32. The summed E-state index contributed by atoms with van der Waals surface area (Å²) in [5, 5.41) is 13.1. The van der Waals surface area contributed by atoms with E-state index in [9.17, 15) is 24.5 Å². The first-order chi connectivity index (χ1) is 14.8. The van der Waals surface area contributed by atoms with Crippen molar-refractivity contribution >= 4 is 35.3 Å². The number of hydrogen-bond donors (Lipinski definition) is 1. The topological polar surface area (TPSA) is 128 Å². The molecule has 2 aromatic rings. The van der Waals surface area contributed by atoms with Crippen LogP contribution in [0.3, 0.4) is 0 Å². The van der Waals surface area contributed by atoms with Gasteiger partial charge in [-0.1, -0.05) is 19.1 Å². The summed E-state index contributed by atoms with van der Waals surface area (Å²) in [5.74, 6) is -1.01. The number of anilines is 1. The lowest BCUT2D eigenvalue weighted by Gasteiger charge is -2.27. The lowest BCUT2D eigenvalue weighted by atomic mass is 10.1. The van der Waals surface area contributed by atoms with Crippen LogP contribution < -0.4 is 19.7 Å². The molecule has 0 radical (unpaired) electrons. The number of nitrogens with one attached hydrogen (secondary N) is 1. The Morgan fingerprint density at radius 2 is 1.90 bits per heavy atom. The van der Waals surface area contributed by atoms with Gasteiger partial charge < -0.3 is 9.47 Å². The van der Waals surface area contributed by atoms with Gasteiger partial charge in [0.05, 0.1) is 24.3 Å². The van der Waals surface area contributed by atoms with Crippen LogP contribution in [-0.2, 0) is 9.59 Å². The molecule has 1 aliphatic rings. The molecule has 4 amide bonds. The van der Waals surface area contributed by atoms with Crippen molar-refractivity contribution in [2.24, 2.45) is 0 Å². The Kier molecular flexibility index (Phi) is 6.29. The number of ether oxygens (including phenoxy) is 2. The molecular formula is C21H19N3O7. The number of nitro benzene ring substituents is 1. The lowest BCUT2D eigenvalue weighted by molar-refractivity contribution is -0.384. The third-order valence-corrected chi connectivity index (χ3v) is 4.36. The summed E-state index contributed by atoms with van der Waals surface area (Å²) in [6.45, 7) is 2.41. The van der Waals surface area contributed by atoms with Gasteiger partial charge in [0.1, 0.15) is 5.57 Å². The van der Waals surface area contributed by atoms with Crippen LogP contribution >= 0.6 is 0 Å². The maximum atomic E-state index is 13.0. The van der Waals surface area contributed by atoms with Crippen LogP contribution in [0.4, 0.5) is 16.2 Å². The van der Waals surface area contributed by atoms with Gasteiger partial charge in [-0.25, -0.2) is 9.69 Å². The number of imide groups is 2. The normalized spacial score (nSPS) is 15.1. The van der Waals surface area contributed by atoms with Crippen LogP contribution in [0.2, 0.25) is 0 Å². The summed E-state index contributed by atoms with van der Waals surface area (Å²) in [5.41, 5.74) is -0.104. The van der Waals surface area contributed by atoms with E-state index in [1.54, 1.807) is 6.07 Å². The minimum atomic E-state index is -0.921. The molecule has 1 fully saturated rings. The van der Waals surface area contributed by atoms with Gasteiger partial charge in [0.2, 0.25) is 0 Å². The van der Waals surface area contributed by atoms with Gasteiger partial charge >= 0.3 is 6.03 Å². The fourth-order valence-electron chi connectivity index (χ4n) is 2.91. The van der Waals surface area contributed by atoms with Gasteiger partial charge in [0, 0.05) is 18.2 Å². The third-order valence-electron chi connectivity index (χ3n) is 4.36. The van der Waals surface area contributed by atoms with Gasteiger partial charge in [-0.2, -0.15) is 0 Å². The second-order valence-corrected chi connectivity index (χ2v) is 6.49. The Morgan fingerprint density at radius 3 is 2.58 bits per heavy atom. The van der Waals surface area contributed by atoms with Gasteiger partial charge in [0.15, 0.2) is 11.5 Å². The highest BCUT2D eigenvalue weighted by Crippen LogP contribution is 2.33. The van der Waals surface area contributed by atoms with Crippen LogP contribution in [0.5, 0.6) is 11.5 Å². The number of nitro groups is 1. The summed E-state index contributed by atoms with van der Waals surface area (Å²) in [6, 6.07) is 9.02. The summed E-state index contributed by atoms with van der Waals surface area (Å²) in [6.07, 6.45) is 1.98. The molecule has 1 heterocycles. The number of hydrogen-bond acceptors (Lipinski definition) is 7. The Labute approximate surface area is 177 Å². The minimum Gasteiger partial charge on any atom is -0.493 e. The van der Waals surface area contributed by atoms with Crippen LogP contribution in [0, 0.1) is 10.1 Å². The van der Waals surface area contributed by atoms with Crippen molar-refractivity contribution in [3.8, 4) is 11.5 Å². The van der Waals surface area contributed by atoms with Crippen LogP contribution in [-0.4, -0.2) is 36.5 Å². The smallest absolute Gasteiger partial charge is 0.335 e. The SMILES string of the molecule is CCCOc1ccc(N2C(=O)NC(=O)/C(=C\c3cccc([N+](=O)[O-])c3)C2=O)cc1OC. The van der Waals surface area contributed by atoms with E-state index in [-0.39, 0.29) is 22.5 Å². The van der Waals surface area contributed by atoms with Crippen molar-refractivity contribution in [3.05, 3.63) is 63.7 Å². The molecule has 0 spiro atoms. The highest BCUT2D eigenvalue weighted by Gasteiger charge is 2.37. The van der Waals surface area contributed by atoms with Crippen LogP contribution in [0.1, 0.15) is 18.9 Å². The lowest BCUT2D eigenvalue weighted by Crippen LogP contribution is -2.54. The third kappa shape index (κ3) is 4.53. The number of benzene rings is 2. The Hall–Kier alpha value is -4.21. The zero-order chi connectivity index (χ0) is 22.5. The molecule has 0 unspecified atom stereocenters. The number of barbiturate groups is 1. The zero-order valence-corrected chi connectivity index (χ0v) is 16.8. The largest absolute Gasteiger partial charge is 0.493 e. The molecule has 0 aromatic heterocycles. The van der Waals surface area contributed by atoms with E-state index in [1.807, 2.05) is 6.92 Å². The molecule has 10 nitrogen and oxygen atoms in total. The van der Waals surface area contributed by atoms with E-state index in [4.69, 9.17) is 9.47 Å². The number of urea groups is 1. The van der Waals surface area contributed by atoms with E-state index < -0.39 is 22.8 Å². The van der Waals surface area contributed by atoms with Crippen molar-refractivity contribution in [1.82, 2.24) is 5.32 Å². The van der Waals surface area contributed by atoms with Crippen molar-refractivity contribution in [1.29, 1.82) is 0 Å². The van der Waals surface area contributed by atoms with E-state index in [0.29, 0.717) is 18.1 Å². The molecule has 31 heavy (non-hydrogen) atoms. The molecule has 0 atom stereocenters. The molecule has 1 aliphatic heterocycles. The monoisotopic (exact) mass is 425 g/mol. The van der Waals surface area contributed by atoms with Crippen molar-refractivity contribution in [3.63, 3.8) is 0 Å². The fourth-order valence-corrected chi connectivity index (χ4v) is 2.91. The Bertz CT molecular complexity index is 1090. The summed E-state index contributed by atoms with van der Waals surface area (Å²) >= 11 is 0. The van der Waals surface area contributed by atoms with Gasteiger partial charge in [-0.05, 0) is 30.2 Å². The van der Waals surface area contributed by atoms with Crippen LogP contribution in [0.25, 0.3) is 6.08 Å². The van der Waals surface area contributed by atoms with Crippen molar-refractivity contribution < 1.29 is 28.8 Å². The standard InChI is InChI=1S/C21H19N3O7/c1-3-9-31-17-8-7-14(12-18(17)30-2)23-20(26)16(19(25)22-21(23)27)11-13-5-4-6-15(10-13)24(28)29/h4-8,10-12H,3,9H2,1-2H3,(H,22,25,27)/b16-11+. The number of carbonyl (C=O) groups excluding carboxylic acids is 3. The Morgan fingerprint density at radius 1 is 1.13 bits per heavy atom. The number of methoxy groups -OCH3 is 1. The van der Waals surface area contributed by atoms with E-state index in [1.165, 1.54) is 49.6 Å². The molecule has 0 saturated carbocycles. The number of carbonyl (C=O) groups is 3. The minimum absolute atomic E-state index is 0.167. The van der Waals surface area contributed by atoms with E-state index in [2.05, 4.69) is 5.32 Å². The maximum absolute atomic E-state index is 13.0. The predicted octanol–water partition coefficient (Wildman–Crippen LogP) is 3.06. The highest BCUT2D eigenvalue weighted by molar-refractivity contribution is 6.39. The molecule has 10 heteroatoms. The number of amides is 4. The zero-order valence-electron chi connectivity index (χ0n) is 16.8. The fraction of sp³-hybridized carbons (Fsp3) is 0.190. The summed E-state index contributed by atoms with van der Waals surface area (Å²) < 4.78 is 10.9. The molecule has 1 saturated heterocycles. The molecule has 0 aliphatic carbocycles. The highest BCUT2D eigenvalue weighted by atomic mass is 16.6.